The van der Waals surface area contributed by atoms with Gasteiger partial charge in [-0.2, -0.15) is 0 Å². The van der Waals surface area contributed by atoms with Crippen molar-refractivity contribution in [2.24, 2.45) is 0 Å². The van der Waals surface area contributed by atoms with E-state index in [1.807, 2.05) is 0 Å². The van der Waals surface area contributed by atoms with Crippen molar-refractivity contribution >= 4 is 36.6 Å². The maximum absolute atomic E-state index is 6.37. The molecule has 1 aromatic carbocycles. The van der Waals surface area contributed by atoms with Crippen LogP contribution in [0.1, 0.15) is 26.3 Å². The van der Waals surface area contributed by atoms with E-state index in [2.05, 4.69) is 62.6 Å². The van der Waals surface area contributed by atoms with Crippen molar-refractivity contribution in [3.63, 3.8) is 0 Å². The van der Waals surface area contributed by atoms with Gasteiger partial charge in [0, 0.05) is 0 Å². The fourth-order valence-corrected chi connectivity index (χ4v) is 8.55. The van der Waals surface area contributed by atoms with Crippen LogP contribution in [-0.2, 0) is 0 Å². The summed E-state index contributed by atoms with van der Waals surface area (Å²) in [4.78, 5) is 1.28. The minimum atomic E-state index is -1.88. The third-order valence-electron chi connectivity index (χ3n) is 3.94. The molecule has 1 unspecified atom stereocenters. The van der Waals surface area contributed by atoms with Gasteiger partial charge in [-0.1, -0.05) is 0 Å². The second-order valence-electron chi connectivity index (χ2n) is 5.20. The first-order valence-electron chi connectivity index (χ1n) is 7.41. The Bertz CT molecular complexity index is 446. The topological polar surface area (TPSA) is 0 Å². The van der Waals surface area contributed by atoms with Crippen LogP contribution >= 0.6 is 23.4 Å². The Balaban J connectivity index is 2.55. The Morgan fingerprint density at radius 1 is 1.10 bits per heavy atom. The minimum absolute atomic E-state index is 0.0315. The van der Waals surface area contributed by atoms with Gasteiger partial charge in [-0.15, -0.1) is 0 Å². The van der Waals surface area contributed by atoms with Gasteiger partial charge in [-0.05, 0) is 0 Å². The van der Waals surface area contributed by atoms with Crippen molar-refractivity contribution in [1.29, 1.82) is 0 Å². The first kappa shape index (κ1) is 18.0. The predicted molar refractivity (Wildman–Crippen MR) is 96.5 cm³/mol. The molecule has 0 radical (unpaired) electrons. The van der Waals surface area contributed by atoms with E-state index in [1.165, 1.54) is 26.2 Å². The molecule has 0 saturated heterocycles. The van der Waals surface area contributed by atoms with Gasteiger partial charge in [0.25, 0.3) is 0 Å². The van der Waals surface area contributed by atoms with Gasteiger partial charge in [-0.25, -0.2) is 0 Å². The molecule has 0 bridgehead atoms. The SMILES string of the molecule is C[CH2][Ge]([C]#CC(Cl)CSc1ccc(C)cc1)([CH2]C)[CH2]C. The second kappa shape index (κ2) is 9.08. The molecule has 0 spiro atoms. The van der Waals surface area contributed by atoms with E-state index in [-0.39, 0.29) is 5.38 Å². The summed E-state index contributed by atoms with van der Waals surface area (Å²) in [5.41, 5.74) is 1.29. The summed E-state index contributed by atoms with van der Waals surface area (Å²) in [6, 6.07) is 8.60. The van der Waals surface area contributed by atoms with E-state index >= 15 is 0 Å². The van der Waals surface area contributed by atoms with Gasteiger partial charge < -0.3 is 0 Å². The molecule has 1 rings (SSSR count). The molecule has 0 heterocycles. The molecular formula is C17H25ClGeS. The van der Waals surface area contributed by atoms with Crippen LogP contribution in [0.5, 0.6) is 0 Å². The van der Waals surface area contributed by atoms with Crippen LogP contribution in [0, 0.1) is 17.6 Å². The van der Waals surface area contributed by atoms with Gasteiger partial charge in [0.2, 0.25) is 0 Å². The van der Waals surface area contributed by atoms with Crippen molar-refractivity contribution in [1.82, 2.24) is 0 Å². The van der Waals surface area contributed by atoms with E-state index in [9.17, 15) is 0 Å². The Kier molecular flexibility index (Phi) is 8.18. The van der Waals surface area contributed by atoms with Gasteiger partial charge in [0.1, 0.15) is 0 Å². The molecule has 0 aliphatic heterocycles. The normalized spacial score (nSPS) is 12.7. The monoisotopic (exact) mass is 370 g/mol. The van der Waals surface area contributed by atoms with Crippen molar-refractivity contribution in [2.45, 2.75) is 53.7 Å². The molecule has 1 aromatic rings. The summed E-state index contributed by atoms with van der Waals surface area (Å²) in [5.74, 6) is 4.20. The first-order chi connectivity index (χ1) is 9.55. The van der Waals surface area contributed by atoms with E-state index in [1.54, 1.807) is 11.8 Å². The number of thioether (sulfide) groups is 1. The zero-order valence-electron chi connectivity index (χ0n) is 13.0. The molecule has 0 aliphatic carbocycles. The standard InChI is InChI=1S/C17H25ClGeS/c1-5-19(6-2,7-3)13-12-16(18)14-20-17-10-8-15(4)9-11-17/h8-11,16H,5-7,14H2,1-4H3. The zero-order chi connectivity index (χ0) is 15.0. The molecule has 0 amide bonds. The molecular weight excluding hydrogens is 344 g/mol. The van der Waals surface area contributed by atoms with Crippen molar-refractivity contribution in [2.75, 3.05) is 5.75 Å². The molecule has 1 atom stereocenters. The molecule has 0 aliphatic rings. The van der Waals surface area contributed by atoms with Crippen molar-refractivity contribution in [3.8, 4) is 10.7 Å². The van der Waals surface area contributed by atoms with Gasteiger partial charge in [-0.3, -0.25) is 0 Å². The number of aryl methyl sites for hydroxylation is 1. The second-order valence-corrected chi connectivity index (χ2v) is 17.2. The fourth-order valence-electron chi connectivity index (χ4n) is 2.09. The predicted octanol–water partition coefficient (Wildman–Crippen LogP) is 5.75. The Labute approximate surface area is 136 Å². The molecule has 3 heteroatoms. The summed E-state index contributed by atoms with van der Waals surface area (Å²) in [6.07, 6.45) is 0. The molecule has 0 fully saturated rings. The number of alkyl halides is 1. The number of halogens is 1. The van der Waals surface area contributed by atoms with Crippen molar-refractivity contribution in [3.05, 3.63) is 29.8 Å². The molecule has 0 aromatic heterocycles. The van der Waals surface area contributed by atoms with E-state index in [0.717, 1.165) is 5.75 Å². The number of rotatable bonds is 6. The van der Waals surface area contributed by atoms with E-state index in [4.69, 9.17) is 11.6 Å². The Hall–Kier alpha value is -0.0371. The summed E-state index contributed by atoms with van der Waals surface area (Å²) in [6.45, 7) is 9.00. The van der Waals surface area contributed by atoms with Gasteiger partial charge >= 0.3 is 137 Å². The quantitative estimate of drug-likeness (QED) is 0.266. The third-order valence-corrected chi connectivity index (χ3v) is 15.4. The molecule has 0 saturated carbocycles. The van der Waals surface area contributed by atoms with Crippen LogP contribution in [0.25, 0.3) is 0 Å². The van der Waals surface area contributed by atoms with Gasteiger partial charge in [0.05, 0.1) is 0 Å². The van der Waals surface area contributed by atoms with E-state index in [0.29, 0.717) is 0 Å². The van der Waals surface area contributed by atoms with Crippen LogP contribution in [0.3, 0.4) is 0 Å². The Morgan fingerprint density at radius 3 is 2.15 bits per heavy atom. The zero-order valence-corrected chi connectivity index (χ0v) is 16.7. The van der Waals surface area contributed by atoms with Crippen molar-refractivity contribution < 1.29 is 0 Å². The molecule has 0 N–H and O–H groups in total. The summed E-state index contributed by atoms with van der Waals surface area (Å²) in [7, 11) is 0. The summed E-state index contributed by atoms with van der Waals surface area (Å²) in [5, 5.41) is 3.83. The average molecular weight is 370 g/mol. The fraction of sp³-hybridized carbons (Fsp3) is 0.529. The van der Waals surface area contributed by atoms with Crippen LogP contribution in [0.2, 0.25) is 15.8 Å². The first-order valence-corrected chi connectivity index (χ1v) is 14.3. The van der Waals surface area contributed by atoms with Crippen LogP contribution in [0.4, 0.5) is 0 Å². The van der Waals surface area contributed by atoms with Crippen LogP contribution < -0.4 is 0 Å². The third kappa shape index (κ3) is 5.76. The summed E-state index contributed by atoms with van der Waals surface area (Å²) >= 11 is 6.29. The molecule has 0 nitrogen and oxygen atoms in total. The van der Waals surface area contributed by atoms with Gasteiger partial charge in [0.15, 0.2) is 0 Å². The number of hydrogen-bond donors (Lipinski definition) is 0. The van der Waals surface area contributed by atoms with Crippen LogP contribution in [0.15, 0.2) is 29.2 Å². The number of hydrogen-bond acceptors (Lipinski definition) is 1. The van der Waals surface area contributed by atoms with E-state index < -0.39 is 13.3 Å². The van der Waals surface area contributed by atoms with Crippen LogP contribution in [-0.4, -0.2) is 24.4 Å². The average Bonchev–Trinajstić information content (AvgIpc) is 2.48. The summed E-state index contributed by atoms with van der Waals surface area (Å²) < 4.78 is 3.62. The maximum atomic E-state index is 6.37. The Morgan fingerprint density at radius 2 is 1.65 bits per heavy atom. The molecule has 110 valence electrons. The molecule has 20 heavy (non-hydrogen) atoms. The number of benzene rings is 1.